The van der Waals surface area contributed by atoms with Crippen molar-refractivity contribution in [1.29, 1.82) is 0 Å². The molecule has 2 aromatic carbocycles. The highest BCUT2D eigenvalue weighted by Gasteiger charge is 2.22. The normalized spacial score (nSPS) is 15.1. The summed E-state index contributed by atoms with van der Waals surface area (Å²) in [5.74, 6) is 0.506. The Labute approximate surface area is 160 Å². The third-order valence-corrected chi connectivity index (χ3v) is 4.97. The SMILES string of the molecule is CNC1=C(C(N)=Nc2ccc(-c3ccccc3C)cc2)CN(C(C)=O)CC1. The fraction of sp³-hybridized carbons (Fsp3) is 0.273. The van der Waals surface area contributed by atoms with Gasteiger partial charge in [-0.2, -0.15) is 0 Å². The van der Waals surface area contributed by atoms with Crippen molar-refractivity contribution in [2.45, 2.75) is 20.3 Å². The number of nitrogens with one attached hydrogen (secondary N) is 1. The first-order valence-electron chi connectivity index (χ1n) is 9.15. The van der Waals surface area contributed by atoms with Gasteiger partial charge in [0.05, 0.1) is 12.2 Å². The zero-order chi connectivity index (χ0) is 19.4. The number of amides is 1. The van der Waals surface area contributed by atoms with Crippen molar-refractivity contribution >= 4 is 17.4 Å². The Bertz CT molecular complexity index is 897. The molecule has 2 aromatic rings. The van der Waals surface area contributed by atoms with Crippen molar-refractivity contribution in [2.24, 2.45) is 10.7 Å². The molecular formula is C22H26N4O. The van der Waals surface area contributed by atoms with E-state index in [-0.39, 0.29) is 5.91 Å². The van der Waals surface area contributed by atoms with Crippen molar-refractivity contribution in [1.82, 2.24) is 10.2 Å². The Morgan fingerprint density at radius 2 is 1.85 bits per heavy atom. The Hall–Kier alpha value is -3.08. The van der Waals surface area contributed by atoms with Gasteiger partial charge < -0.3 is 16.0 Å². The maximum absolute atomic E-state index is 11.7. The van der Waals surface area contributed by atoms with Crippen LogP contribution in [0.1, 0.15) is 18.9 Å². The molecule has 1 aliphatic heterocycles. The van der Waals surface area contributed by atoms with Crippen LogP contribution in [-0.2, 0) is 4.79 Å². The number of rotatable bonds is 4. The number of benzene rings is 2. The Morgan fingerprint density at radius 3 is 2.48 bits per heavy atom. The molecule has 1 heterocycles. The molecule has 0 aromatic heterocycles. The van der Waals surface area contributed by atoms with E-state index >= 15 is 0 Å². The molecule has 1 amide bonds. The molecule has 27 heavy (non-hydrogen) atoms. The van der Waals surface area contributed by atoms with Gasteiger partial charge in [-0.3, -0.25) is 4.79 Å². The van der Waals surface area contributed by atoms with Crippen molar-refractivity contribution in [3.8, 4) is 11.1 Å². The number of aryl methyl sites for hydroxylation is 1. The molecule has 0 unspecified atom stereocenters. The quantitative estimate of drug-likeness (QED) is 0.647. The summed E-state index contributed by atoms with van der Waals surface area (Å²) in [5, 5.41) is 3.20. The lowest BCUT2D eigenvalue weighted by Crippen LogP contribution is -2.40. The highest BCUT2D eigenvalue weighted by Crippen LogP contribution is 2.26. The van der Waals surface area contributed by atoms with Crippen LogP contribution in [-0.4, -0.2) is 36.8 Å². The molecule has 5 nitrogen and oxygen atoms in total. The minimum atomic E-state index is 0.0537. The summed E-state index contributed by atoms with van der Waals surface area (Å²) < 4.78 is 0. The summed E-state index contributed by atoms with van der Waals surface area (Å²) >= 11 is 0. The molecule has 3 rings (SSSR count). The summed E-state index contributed by atoms with van der Waals surface area (Å²) in [7, 11) is 1.88. The van der Waals surface area contributed by atoms with Crippen LogP contribution < -0.4 is 11.1 Å². The molecule has 0 bridgehead atoms. The number of nitrogens with zero attached hydrogens (tertiary/aromatic N) is 2. The monoisotopic (exact) mass is 362 g/mol. The molecule has 1 aliphatic rings. The van der Waals surface area contributed by atoms with E-state index in [4.69, 9.17) is 5.73 Å². The predicted octanol–water partition coefficient (Wildman–Crippen LogP) is 3.38. The average molecular weight is 362 g/mol. The van der Waals surface area contributed by atoms with Crippen LogP contribution in [0.25, 0.3) is 11.1 Å². The van der Waals surface area contributed by atoms with Gasteiger partial charge in [0.25, 0.3) is 0 Å². The maximum Gasteiger partial charge on any atom is 0.219 e. The number of hydrogen-bond donors (Lipinski definition) is 2. The first-order chi connectivity index (χ1) is 13.0. The molecule has 5 heteroatoms. The van der Waals surface area contributed by atoms with E-state index in [1.807, 2.05) is 31.3 Å². The van der Waals surface area contributed by atoms with Crippen molar-refractivity contribution in [3.63, 3.8) is 0 Å². The Balaban J connectivity index is 1.86. The minimum absolute atomic E-state index is 0.0537. The lowest BCUT2D eigenvalue weighted by molar-refractivity contribution is -0.128. The van der Waals surface area contributed by atoms with E-state index in [1.54, 1.807) is 11.8 Å². The lowest BCUT2D eigenvalue weighted by Gasteiger charge is -2.29. The lowest BCUT2D eigenvalue weighted by atomic mass is 10.0. The molecule has 0 aliphatic carbocycles. The van der Waals surface area contributed by atoms with Crippen LogP contribution in [0.3, 0.4) is 0 Å². The van der Waals surface area contributed by atoms with Crippen LogP contribution in [0.15, 0.2) is 64.8 Å². The maximum atomic E-state index is 11.7. The van der Waals surface area contributed by atoms with Crippen LogP contribution in [0.4, 0.5) is 5.69 Å². The Morgan fingerprint density at radius 1 is 1.15 bits per heavy atom. The van der Waals surface area contributed by atoms with Crippen LogP contribution in [0.2, 0.25) is 0 Å². The van der Waals surface area contributed by atoms with Crippen LogP contribution in [0.5, 0.6) is 0 Å². The third-order valence-electron chi connectivity index (χ3n) is 4.97. The van der Waals surface area contributed by atoms with Gasteiger partial charge >= 0.3 is 0 Å². The van der Waals surface area contributed by atoms with Crippen molar-refractivity contribution < 1.29 is 4.79 Å². The Kier molecular flexibility index (Phi) is 5.60. The number of nitrogens with two attached hydrogens (primary N) is 1. The number of amidine groups is 1. The van der Waals surface area contributed by atoms with Gasteiger partial charge in [-0.15, -0.1) is 0 Å². The predicted molar refractivity (Wildman–Crippen MR) is 111 cm³/mol. The standard InChI is InChI=1S/C22H26N4O/c1-15-6-4-5-7-19(15)17-8-10-18(11-9-17)25-22(23)20-14-26(16(2)27)13-12-21(20)24-3/h4-11,24H,12-14H2,1-3H3,(H2,23,25). The summed E-state index contributed by atoms with van der Waals surface area (Å²) in [6.07, 6.45) is 0.758. The number of carbonyl (C=O) groups excluding carboxylic acids is 1. The molecule has 0 spiro atoms. The zero-order valence-corrected chi connectivity index (χ0v) is 16.1. The van der Waals surface area contributed by atoms with E-state index in [9.17, 15) is 4.79 Å². The molecule has 0 saturated heterocycles. The van der Waals surface area contributed by atoms with Crippen LogP contribution >= 0.6 is 0 Å². The summed E-state index contributed by atoms with van der Waals surface area (Å²) in [6, 6.07) is 16.4. The van der Waals surface area contributed by atoms with Gasteiger partial charge in [-0.05, 0) is 35.7 Å². The van der Waals surface area contributed by atoms with Gasteiger partial charge in [0, 0.05) is 38.2 Å². The van der Waals surface area contributed by atoms with Gasteiger partial charge in [0.2, 0.25) is 5.91 Å². The van der Waals surface area contributed by atoms with E-state index in [2.05, 4.69) is 41.5 Å². The third kappa shape index (κ3) is 4.19. The number of carbonyl (C=O) groups is 1. The van der Waals surface area contributed by atoms with Gasteiger partial charge in [0.1, 0.15) is 5.84 Å². The fourth-order valence-corrected chi connectivity index (χ4v) is 3.36. The molecule has 3 N–H and O–H groups in total. The van der Waals surface area contributed by atoms with E-state index in [1.165, 1.54) is 11.1 Å². The largest absolute Gasteiger partial charge is 0.391 e. The number of aliphatic imine (C=N–C) groups is 1. The molecule has 0 saturated carbocycles. The topological polar surface area (TPSA) is 70.7 Å². The van der Waals surface area contributed by atoms with Crippen molar-refractivity contribution in [3.05, 3.63) is 65.4 Å². The van der Waals surface area contributed by atoms with E-state index in [0.717, 1.165) is 28.9 Å². The first kappa shape index (κ1) is 18.7. The molecule has 0 radical (unpaired) electrons. The summed E-state index contributed by atoms with van der Waals surface area (Å²) in [4.78, 5) is 18.1. The molecular weight excluding hydrogens is 336 g/mol. The molecule has 0 fully saturated rings. The highest BCUT2D eigenvalue weighted by molar-refractivity contribution is 6.00. The fourth-order valence-electron chi connectivity index (χ4n) is 3.36. The second kappa shape index (κ2) is 8.08. The first-order valence-corrected chi connectivity index (χ1v) is 9.15. The van der Waals surface area contributed by atoms with Gasteiger partial charge in [-0.25, -0.2) is 4.99 Å². The molecule has 140 valence electrons. The van der Waals surface area contributed by atoms with E-state index < -0.39 is 0 Å². The van der Waals surface area contributed by atoms with E-state index in [0.29, 0.717) is 18.9 Å². The van der Waals surface area contributed by atoms with Crippen LogP contribution in [0, 0.1) is 6.92 Å². The zero-order valence-electron chi connectivity index (χ0n) is 16.1. The minimum Gasteiger partial charge on any atom is -0.391 e. The summed E-state index contributed by atoms with van der Waals surface area (Å²) in [6.45, 7) is 4.88. The highest BCUT2D eigenvalue weighted by atomic mass is 16.2. The molecule has 0 atom stereocenters. The second-order valence-electron chi connectivity index (χ2n) is 6.76. The van der Waals surface area contributed by atoms with Gasteiger partial charge in [-0.1, -0.05) is 36.4 Å². The average Bonchev–Trinajstić information content (AvgIpc) is 2.68. The van der Waals surface area contributed by atoms with Gasteiger partial charge in [0.15, 0.2) is 0 Å². The smallest absolute Gasteiger partial charge is 0.219 e. The summed E-state index contributed by atoms with van der Waals surface area (Å²) in [5.41, 5.74) is 12.6. The number of hydrogen-bond acceptors (Lipinski definition) is 3. The second-order valence-corrected chi connectivity index (χ2v) is 6.76. The van der Waals surface area contributed by atoms with Crippen molar-refractivity contribution in [2.75, 3.05) is 20.1 Å².